The number of hydrogen-bond donors (Lipinski definition) is 1. The summed E-state index contributed by atoms with van der Waals surface area (Å²) in [6.45, 7) is 0.829. The van der Waals surface area contributed by atoms with E-state index in [2.05, 4.69) is 0 Å². The van der Waals surface area contributed by atoms with Gasteiger partial charge in [-0.05, 0) is 43.4 Å². The van der Waals surface area contributed by atoms with Crippen LogP contribution in [0.15, 0.2) is 18.2 Å². The number of fused-ring (bicyclic) bond motifs is 2. The number of aromatic hydroxyl groups is 1. The van der Waals surface area contributed by atoms with Crippen molar-refractivity contribution in [3.63, 3.8) is 0 Å². The Morgan fingerprint density at radius 1 is 1.41 bits per heavy atom. The van der Waals surface area contributed by atoms with Crippen molar-refractivity contribution in [3.05, 3.63) is 28.8 Å². The largest absolute Gasteiger partial charge is 0.507 e. The maximum atomic E-state index is 12.3. The third-order valence-electron chi connectivity index (χ3n) is 3.86. The molecule has 4 heteroatoms. The van der Waals surface area contributed by atoms with E-state index in [0.29, 0.717) is 22.5 Å². The number of hydrogen-bond acceptors (Lipinski definition) is 2. The topological polar surface area (TPSA) is 40.5 Å². The number of phenols is 1. The van der Waals surface area contributed by atoms with Gasteiger partial charge in [-0.1, -0.05) is 11.6 Å². The Morgan fingerprint density at radius 2 is 2.24 bits per heavy atom. The van der Waals surface area contributed by atoms with E-state index in [4.69, 9.17) is 11.6 Å². The van der Waals surface area contributed by atoms with Gasteiger partial charge in [-0.2, -0.15) is 0 Å². The van der Waals surface area contributed by atoms with Gasteiger partial charge in [0.2, 0.25) is 0 Å². The number of nitrogens with zero attached hydrogens (tertiary/aromatic N) is 1. The smallest absolute Gasteiger partial charge is 0.257 e. The molecule has 2 unspecified atom stereocenters. The molecular formula is C13H14ClNO2. The van der Waals surface area contributed by atoms with Crippen LogP contribution in [0.1, 0.15) is 29.6 Å². The molecule has 1 saturated heterocycles. The van der Waals surface area contributed by atoms with Gasteiger partial charge >= 0.3 is 0 Å². The number of halogens is 1. The maximum Gasteiger partial charge on any atom is 0.257 e. The predicted molar refractivity (Wildman–Crippen MR) is 65.3 cm³/mol. The second-order valence-corrected chi connectivity index (χ2v) is 5.39. The molecule has 2 aliphatic rings. The van der Waals surface area contributed by atoms with Crippen LogP contribution in [0, 0.1) is 5.92 Å². The number of benzene rings is 1. The molecule has 1 aliphatic heterocycles. The van der Waals surface area contributed by atoms with E-state index in [1.54, 1.807) is 12.1 Å². The van der Waals surface area contributed by atoms with E-state index in [1.807, 2.05) is 4.90 Å². The number of amides is 1. The zero-order valence-corrected chi connectivity index (χ0v) is 10.2. The first kappa shape index (κ1) is 10.9. The normalized spacial score (nSPS) is 26.5. The van der Waals surface area contributed by atoms with Gasteiger partial charge in [0.05, 0.1) is 5.56 Å². The molecule has 3 nitrogen and oxygen atoms in total. The lowest BCUT2D eigenvalue weighted by molar-refractivity contribution is 0.0700. The second-order valence-electron chi connectivity index (χ2n) is 4.95. The summed E-state index contributed by atoms with van der Waals surface area (Å²) in [5.41, 5.74) is 0.324. The SMILES string of the molecule is O=C(c1cc(Cl)ccc1O)N1CC2CCC1C2. The number of phenolic OH excluding ortho intramolecular Hbond substituents is 1. The Hall–Kier alpha value is -1.22. The summed E-state index contributed by atoms with van der Waals surface area (Å²) in [5, 5.41) is 10.2. The number of carbonyl (C=O) groups excluding carboxylic acids is 1. The Morgan fingerprint density at radius 3 is 2.88 bits per heavy atom. The van der Waals surface area contributed by atoms with Gasteiger partial charge in [-0.25, -0.2) is 0 Å². The number of piperidine rings is 1. The van der Waals surface area contributed by atoms with Gasteiger partial charge in [-0.15, -0.1) is 0 Å². The molecule has 1 amide bonds. The third-order valence-corrected chi connectivity index (χ3v) is 4.09. The number of likely N-dealkylation sites (tertiary alicyclic amines) is 1. The molecule has 3 rings (SSSR count). The second kappa shape index (κ2) is 3.91. The summed E-state index contributed by atoms with van der Waals surface area (Å²) in [7, 11) is 0. The summed E-state index contributed by atoms with van der Waals surface area (Å²) >= 11 is 5.86. The lowest BCUT2D eigenvalue weighted by Crippen LogP contribution is -2.37. The maximum absolute atomic E-state index is 12.3. The molecule has 0 spiro atoms. The molecule has 2 bridgehead atoms. The first-order valence-electron chi connectivity index (χ1n) is 5.94. The highest BCUT2D eigenvalue weighted by atomic mass is 35.5. The van der Waals surface area contributed by atoms with Crippen LogP contribution in [0.2, 0.25) is 5.02 Å². The first-order chi connectivity index (χ1) is 8.15. The molecule has 0 radical (unpaired) electrons. The van der Waals surface area contributed by atoms with E-state index in [-0.39, 0.29) is 11.7 Å². The van der Waals surface area contributed by atoms with E-state index < -0.39 is 0 Å². The average molecular weight is 252 g/mol. The highest BCUT2D eigenvalue weighted by Gasteiger charge is 2.40. The third kappa shape index (κ3) is 1.78. The molecule has 1 aliphatic carbocycles. The lowest BCUT2D eigenvalue weighted by Gasteiger charge is -2.27. The predicted octanol–water partition coefficient (Wildman–Crippen LogP) is 2.67. The molecule has 0 aromatic heterocycles. The summed E-state index contributed by atoms with van der Waals surface area (Å²) in [4.78, 5) is 14.2. The van der Waals surface area contributed by atoms with Gasteiger partial charge in [0.15, 0.2) is 0 Å². The monoisotopic (exact) mass is 251 g/mol. The quantitative estimate of drug-likeness (QED) is 0.834. The van der Waals surface area contributed by atoms with E-state index in [1.165, 1.54) is 12.5 Å². The molecule has 90 valence electrons. The van der Waals surface area contributed by atoms with Gasteiger partial charge in [0, 0.05) is 17.6 Å². The molecule has 1 aromatic rings. The number of carbonyl (C=O) groups is 1. The van der Waals surface area contributed by atoms with Crippen molar-refractivity contribution in [2.75, 3.05) is 6.54 Å². The van der Waals surface area contributed by atoms with E-state index in [9.17, 15) is 9.90 Å². The van der Waals surface area contributed by atoms with Crippen molar-refractivity contribution in [2.24, 2.45) is 5.92 Å². The summed E-state index contributed by atoms with van der Waals surface area (Å²) in [6.07, 6.45) is 3.45. The van der Waals surface area contributed by atoms with Crippen LogP contribution in [-0.2, 0) is 0 Å². The Bertz CT molecular complexity index is 474. The van der Waals surface area contributed by atoms with E-state index in [0.717, 1.165) is 19.4 Å². The molecule has 1 aromatic carbocycles. The van der Waals surface area contributed by atoms with Gasteiger partial charge in [0.25, 0.3) is 5.91 Å². The molecule has 1 heterocycles. The van der Waals surface area contributed by atoms with Crippen molar-refractivity contribution in [2.45, 2.75) is 25.3 Å². The Kier molecular flexibility index (Phi) is 2.51. The molecule has 1 N–H and O–H groups in total. The minimum absolute atomic E-state index is 0.0159. The fourth-order valence-corrected chi connectivity index (χ4v) is 3.18. The van der Waals surface area contributed by atoms with Crippen LogP contribution < -0.4 is 0 Å². The van der Waals surface area contributed by atoms with Gasteiger partial charge < -0.3 is 10.0 Å². The lowest BCUT2D eigenvalue weighted by atomic mass is 10.1. The highest BCUT2D eigenvalue weighted by molar-refractivity contribution is 6.31. The fraction of sp³-hybridized carbons (Fsp3) is 0.462. The summed E-state index contributed by atoms with van der Waals surface area (Å²) in [5.74, 6) is 0.588. The number of rotatable bonds is 1. The van der Waals surface area contributed by atoms with Crippen LogP contribution in [-0.4, -0.2) is 28.5 Å². The molecule has 2 fully saturated rings. The van der Waals surface area contributed by atoms with Crippen molar-refractivity contribution in [1.82, 2.24) is 4.90 Å². The average Bonchev–Trinajstić information content (AvgIpc) is 2.93. The van der Waals surface area contributed by atoms with Crippen LogP contribution in [0.5, 0.6) is 5.75 Å². The van der Waals surface area contributed by atoms with Crippen LogP contribution in [0.3, 0.4) is 0 Å². The summed E-state index contributed by atoms with van der Waals surface area (Å²) < 4.78 is 0. The summed E-state index contributed by atoms with van der Waals surface area (Å²) in [6, 6.07) is 4.98. The van der Waals surface area contributed by atoms with E-state index >= 15 is 0 Å². The van der Waals surface area contributed by atoms with Crippen molar-refractivity contribution >= 4 is 17.5 Å². The standard InChI is InChI=1S/C13H14ClNO2/c14-9-2-4-12(16)11(6-9)13(17)15-7-8-1-3-10(15)5-8/h2,4,6,8,10,16H,1,3,5,7H2. The Balaban J connectivity index is 1.89. The van der Waals surface area contributed by atoms with Crippen LogP contribution >= 0.6 is 11.6 Å². The van der Waals surface area contributed by atoms with Gasteiger partial charge in [0.1, 0.15) is 5.75 Å². The van der Waals surface area contributed by atoms with Crippen molar-refractivity contribution < 1.29 is 9.90 Å². The van der Waals surface area contributed by atoms with Crippen molar-refractivity contribution in [3.8, 4) is 5.75 Å². The Labute approximate surface area is 105 Å². The minimum Gasteiger partial charge on any atom is -0.507 e. The minimum atomic E-state index is -0.0859. The van der Waals surface area contributed by atoms with Crippen LogP contribution in [0.4, 0.5) is 0 Å². The molecular weight excluding hydrogens is 238 g/mol. The fourth-order valence-electron chi connectivity index (χ4n) is 3.01. The molecule has 2 atom stereocenters. The first-order valence-corrected chi connectivity index (χ1v) is 6.32. The molecule has 17 heavy (non-hydrogen) atoms. The van der Waals surface area contributed by atoms with Gasteiger partial charge in [-0.3, -0.25) is 4.79 Å². The zero-order valence-electron chi connectivity index (χ0n) is 9.40. The zero-order chi connectivity index (χ0) is 12.0. The highest BCUT2D eigenvalue weighted by Crippen LogP contribution is 2.38. The molecule has 1 saturated carbocycles. The van der Waals surface area contributed by atoms with Crippen LogP contribution in [0.25, 0.3) is 0 Å². The van der Waals surface area contributed by atoms with Crippen molar-refractivity contribution in [1.29, 1.82) is 0 Å².